The van der Waals surface area contributed by atoms with Crippen molar-refractivity contribution < 1.29 is 18.6 Å². The van der Waals surface area contributed by atoms with Crippen LogP contribution in [0.15, 0.2) is 71.3 Å². The van der Waals surface area contributed by atoms with Gasteiger partial charge >= 0.3 is 0 Å². The Morgan fingerprint density at radius 2 is 1.55 bits per heavy atom. The molecule has 1 saturated carbocycles. The minimum absolute atomic E-state index is 0.400. The van der Waals surface area contributed by atoms with Crippen molar-refractivity contribution >= 4 is 22.0 Å². The van der Waals surface area contributed by atoms with E-state index in [0.717, 1.165) is 87.5 Å². The Bertz CT molecular complexity index is 2270. The van der Waals surface area contributed by atoms with Gasteiger partial charge in [0.25, 0.3) is 0 Å². The molecule has 4 aromatic carbocycles. The van der Waals surface area contributed by atoms with Crippen LogP contribution in [0.25, 0.3) is 50.3 Å². The molecule has 3 heterocycles. The smallest absolute Gasteiger partial charge is 0.227 e. The van der Waals surface area contributed by atoms with Gasteiger partial charge in [0, 0.05) is 61.5 Å². The van der Waals surface area contributed by atoms with Gasteiger partial charge in [-0.2, -0.15) is 10.4 Å². The molecular weight excluding hydrogens is 665 g/mol. The second-order valence-electron chi connectivity index (χ2n) is 14.2. The Balaban J connectivity index is 1.11. The Hall–Kier alpha value is -5.21. The van der Waals surface area contributed by atoms with Crippen molar-refractivity contribution in [3.05, 3.63) is 89.1 Å². The summed E-state index contributed by atoms with van der Waals surface area (Å²) >= 11 is 0. The SMILES string of the molecule is COc1cc(-n2ncc3c(-c4cccc(-c5nc6cc(CNC7CCCCC7)cc(C#N)c6o5)c4C)cccc32)cc(OC)c1CNC1CCOCC1. The van der Waals surface area contributed by atoms with Gasteiger partial charge in [-0.05, 0) is 79.1 Å². The van der Waals surface area contributed by atoms with E-state index in [1.54, 1.807) is 14.2 Å². The predicted molar refractivity (Wildman–Crippen MR) is 206 cm³/mol. The third-order valence-electron chi connectivity index (χ3n) is 11.0. The molecule has 1 saturated heterocycles. The highest BCUT2D eigenvalue weighted by atomic mass is 16.5. The van der Waals surface area contributed by atoms with Gasteiger partial charge in [0.15, 0.2) is 5.58 Å². The van der Waals surface area contributed by atoms with Gasteiger partial charge in [0.05, 0.1) is 42.7 Å². The Morgan fingerprint density at radius 1 is 0.849 bits per heavy atom. The zero-order chi connectivity index (χ0) is 36.3. The molecule has 0 unspecified atom stereocenters. The summed E-state index contributed by atoms with van der Waals surface area (Å²) in [7, 11) is 3.38. The van der Waals surface area contributed by atoms with Crippen LogP contribution in [0.3, 0.4) is 0 Å². The first kappa shape index (κ1) is 34.9. The summed E-state index contributed by atoms with van der Waals surface area (Å²) in [5.41, 5.74) is 9.57. The van der Waals surface area contributed by atoms with Crippen molar-refractivity contribution in [1.29, 1.82) is 5.26 Å². The highest BCUT2D eigenvalue weighted by Gasteiger charge is 2.22. The van der Waals surface area contributed by atoms with Crippen molar-refractivity contribution in [2.75, 3.05) is 27.4 Å². The number of fused-ring (bicyclic) bond motifs is 2. The lowest BCUT2D eigenvalue weighted by Gasteiger charge is -2.24. The van der Waals surface area contributed by atoms with E-state index in [9.17, 15) is 5.26 Å². The molecule has 2 N–H and O–H groups in total. The number of nitriles is 1. The lowest BCUT2D eigenvalue weighted by atomic mass is 9.94. The average Bonchev–Trinajstić information content (AvgIpc) is 3.84. The highest BCUT2D eigenvalue weighted by Crippen LogP contribution is 2.39. The summed E-state index contributed by atoms with van der Waals surface area (Å²) in [6, 6.07) is 23.7. The number of hydrogen-bond donors (Lipinski definition) is 2. The molecule has 1 aliphatic carbocycles. The Kier molecular flexibility index (Phi) is 10.1. The van der Waals surface area contributed by atoms with E-state index in [2.05, 4.69) is 47.9 Å². The minimum Gasteiger partial charge on any atom is -0.496 e. The topological polar surface area (TPSA) is 119 Å². The summed E-state index contributed by atoms with van der Waals surface area (Å²) in [6.45, 7) is 5.00. The van der Waals surface area contributed by atoms with Crippen LogP contribution < -0.4 is 20.1 Å². The second-order valence-corrected chi connectivity index (χ2v) is 14.2. The largest absolute Gasteiger partial charge is 0.496 e. The van der Waals surface area contributed by atoms with Crippen LogP contribution in [-0.2, 0) is 17.8 Å². The third-order valence-corrected chi connectivity index (χ3v) is 11.0. The molecular formula is C43H46N6O4. The maximum Gasteiger partial charge on any atom is 0.227 e. The van der Waals surface area contributed by atoms with Crippen molar-refractivity contribution in [2.45, 2.75) is 77.0 Å². The van der Waals surface area contributed by atoms with Gasteiger partial charge in [-0.15, -0.1) is 0 Å². The highest BCUT2D eigenvalue weighted by molar-refractivity contribution is 5.97. The first-order valence-corrected chi connectivity index (χ1v) is 18.7. The molecule has 1 aliphatic heterocycles. The molecule has 2 aromatic heterocycles. The number of nitrogens with zero attached hydrogens (tertiary/aromatic N) is 4. The number of hydrogen-bond acceptors (Lipinski definition) is 9. The number of ether oxygens (including phenoxy) is 3. The van der Waals surface area contributed by atoms with Gasteiger partial charge in [0.2, 0.25) is 5.89 Å². The normalized spacial score (nSPS) is 15.6. The van der Waals surface area contributed by atoms with E-state index in [0.29, 0.717) is 47.7 Å². The molecule has 2 aliphatic rings. The lowest BCUT2D eigenvalue weighted by Crippen LogP contribution is -2.34. The minimum atomic E-state index is 0.400. The van der Waals surface area contributed by atoms with Crippen LogP contribution >= 0.6 is 0 Å². The maximum absolute atomic E-state index is 10.0. The van der Waals surface area contributed by atoms with Gasteiger partial charge in [0.1, 0.15) is 23.1 Å². The molecule has 2 fully saturated rings. The van der Waals surface area contributed by atoms with E-state index in [1.807, 2.05) is 47.3 Å². The second kappa shape index (κ2) is 15.4. The Labute approximate surface area is 310 Å². The number of oxazole rings is 1. The van der Waals surface area contributed by atoms with Crippen molar-refractivity contribution in [1.82, 2.24) is 25.4 Å². The fraction of sp³-hybridized carbons (Fsp3) is 0.372. The van der Waals surface area contributed by atoms with Crippen LogP contribution in [0.4, 0.5) is 0 Å². The molecule has 0 amide bonds. The summed E-state index contributed by atoms with van der Waals surface area (Å²) in [5.74, 6) is 1.99. The summed E-state index contributed by atoms with van der Waals surface area (Å²) in [6.07, 6.45) is 10.2. The Morgan fingerprint density at radius 3 is 2.30 bits per heavy atom. The molecule has 8 rings (SSSR count). The van der Waals surface area contributed by atoms with E-state index >= 15 is 0 Å². The van der Waals surface area contributed by atoms with E-state index < -0.39 is 0 Å². The predicted octanol–water partition coefficient (Wildman–Crippen LogP) is 8.39. The standard InChI is InChI=1S/C43H46N6O4/c1-27-33(11-7-12-34(27)43-48-38-20-28(19-29(23-44)42(38)53-43)24-45-30-9-5-4-6-10-30)35-13-8-14-39-36(35)26-47-49(39)32-21-40(50-2)37(41(22-32)51-3)25-46-31-15-17-52-18-16-31/h7-8,11-14,19-22,26,30-31,45-46H,4-6,9-10,15-18,24-25H2,1-3H3. The van der Waals surface area contributed by atoms with Crippen LogP contribution in [0.5, 0.6) is 11.5 Å². The number of aromatic nitrogens is 3. The maximum atomic E-state index is 10.0. The first-order valence-electron chi connectivity index (χ1n) is 18.7. The quantitative estimate of drug-likeness (QED) is 0.137. The third kappa shape index (κ3) is 7.00. The van der Waals surface area contributed by atoms with E-state index in [4.69, 9.17) is 28.7 Å². The van der Waals surface area contributed by atoms with Crippen LogP contribution in [-0.4, -0.2) is 54.3 Å². The van der Waals surface area contributed by atoms with Gasteiger partial charge in [-0.25, -0.2) is 9.67 Å². The molecule has 10 heteroatoms. The summed E-state index contributed by atoms with van der Waals surface area (Å²) in [5, 5.41) is 23.3. The average molecular weight is 711 g/mol. The van der Waals surface area contributed by atoms with Crippen LogP contribution in [0.1, 0.15) is 67.2 Å². The van der Waals surface area contributed by atoms with Crippen LogP contribution in [0.2, 0.25) is 0 Å². The van der Waals surface area contributed by atoms with Gasteiger partial charge < -0.3 is 29.3 Å². The zero-order valence-corrected chi connectivity index (χ0v) is 30.7. The van der Waals surface area contributed by atoms with E-state index in [-0.39, 0.29) is 0 Å². The fourth-order valence-corrected chi connectivity index (χ4v) is 8.03. The van der Waals surface area contributed by atoms with Crippen LogP contribution in [0, 0.1) is 18.3 Å². The van der Waals surface area contributed by atoms with Crippen molar-refractivity contribution in [3.8, 4) is 45.8 Å². The van der Waals surface area contributed by atoms with Gasteiger partial charge in [-0.1, -0.05) is 43.5 Å². The molecule has 10 nitrogen and oxygen atoms in total. The van der Waals surface area contributed by atoms with Crippen molar-refractivity contribution in [3.63, 3.8) is 0 Å². The molecule has 0 bridgehead atoms. The number of benzene rings is 4. The van der Waals surface area contributed by atoms with Crippen molar-refractivity contribution in [2.24, 2.45) is 0 Å². The fourth-order valence-electron chi connectivity index (χ4n) is 8.03. The zero-order valence-electron chi connectivity index (χ0n) is 30.7. The lowest BCUT2D eigenvalue weighted by molar-refractivity contribution is 0.0775. The number of methoxy groups -OCH3 is 2. The summed E-state index contributed by atoms with van der Waals surface area (Å²) in [4.78, 5) is 4.93. The summed E-state index contributed by atoms with van der Waals surface area (Å²) < 4.78 is 25.6. The van der Waals surface area contributed by atoms with E-state index in [1.165, 1.54) is 32.1 Å². The molecule has 272 valence electrons. The molecule has 0 spiro atoms. The number of nitrogens with one attached hydrogen (secondary N) is 2. The molecule has 0 radical (unpaired) electrons. The first-order chi connectivity index (χ1) is 26.0. The number of rotatable bonds is 11. The monoisotopic (exact) mass is 710 g/mol. The molecule has 6 aromatic rings. The van der Waals surface area contributed by atoms with Gasteiger partial charge in [-0.3, -0.25) is 0 Å². The molecule has 0 atom stereocenters. The molecule has 53 heavy (non-hydrogen) atoms.